The fraction of sp³-hybridized carbons (Fsp3) is 0.688. The SMILES string of the molecule is CCCc1nc(C(CCC)OCC)ncc1C(=O)OCC. The smallest absolute Gasteiger partial charge is 0.341 e. The van der Waals surface area contributed by atoms with E-state index in [4.69, 9.17) is 9.47 Å². The van der Waals surface area contributed by atoms with E-state index in [1.807, 2.05) is 6.92 Å². The van der Waals surface area contributed by atoms with Crippen molar-refractivity contribution < 1.29 is 14.3 Å². The highest BCUT2D eigenvalue weighted by atomic mass is 16.5. The van der Waals surface area contributed by atoms with E-state index in [0.29, 0.717) is 24.6 Å². The summed E-state index contributed by atoms with van der Waals surface area (Å²) in [5.74, 6) is 0.311. The summed E-state index contributed by atoms with van der Waals surface area (Å²) in [6.45, 7) is 8.89. The average molecular weight is 294 g/mol. The van der Waals surface area contributed by atoms with E-state index >= 15 is 0 Å². The molecule has 0 aromatic carbocycles. The summed E-state index contributed by atoms with van der Waals surface area (Å²) in [4.78, 5) is 20.8. The molecule has 0 aliphatic carbocycles. The van der Waals surface area contributed by atoms with Gasteiger partial charge in [0.15, 0.2) is 5.82 Å². The van der Waals surface area contributed by atoms with Gasteiger partial charge in [-0.1, -0.05) is 26.7 Å². The standard InChI is InChI=1S/C16H26N2O3/c1-5-9-13-12(16(19)21-8-4)11-17-15(18-13)14(10-6-2)20-7-3/h11,14H,5-10H2,1-4H3. The van der Waals surface area contributed by atoms with Crippen LogP contribution in [-0.4, -0.2) is 29.2 Å². The molecule has 118 valence electrons. The van der Waals surface area contributed by atoms with Gasteiger partial charge in [0, 0.05) is 12.8 Å². The second-order valence-electron chi connectivity index (χ2n) is 4.79. The monoisotopic (exact) mass is 294 g/mol. The molecule has 0 amide bonds. The number of nitrogens with zero attached hydrogens (tertiary/aromatic N) is 2. The Morgan fingerprint density at radius 3 is 2.52 bits per heavy atom. The van der Waals surface area contributed by atoms with Crippen LogP contribution in [0.15, 0.2) is 6.20 Å². The largest absolute Gasteiger partial charge is 0.462 e. The van der Waals surface area contributed by atoms with Gasteiger partial charge in [-0.2, -0.15) is 0 Å². The summed E-state index contributed by atoms with van der Waals surface area (Å²) in [5.41, 5.74) is 1.22. The van der Waals surface area contributed by atoms with Gasteiger partial charge < -0.3 is 9.47 Å². The van der Waals surface area contributed by atoms with E-state index in [9.17, 15) is 4.79 Å². The molecular formula is C16H26N2O3. The minimum absolute atomic E-state index is 0.105. The molecule has 0 N–H and O–H groups in total. The van der Waals surface area contributed by atoms with Crippen LogP contribution in [0, 0.1) is 0 Å². The Hall–Kier alpha value is -1.49. The predicted octanol–water partition coefficient (Wildman–Crippen LogP) is 3.48. The van der Waals surface area contributed by atoms with E-state index in [1.54, 1.807) is 13.1 Å². The first-order chi connectivity index (χ1) is 10.2. The van der Waals surface area contributed by atoms with Gasteiger partial charge in [0.1, 0.15) is 6.10 Å². The molecule has 0 spiro atoms. The summed E-state index contributed by atoms with van der Waals surface area (Å²) in [7, 11) is 0. The lowest BCUT2D eigenvalue weighted by Gasteiger charge is -2.16. The molecule has 0 aliphatic heterocycles. The summed E-state index contributed by atoms with van der Waals surface area (Å²) in [5, 5.41) is 0. The summed E-state index contributed by atoms with van der Waals surface area (Å²) in [6.07, 6.45) is 4.99. The number of aryl methyl sites for hydroxylation is 1. The lowest BCUT2D eigenvalue weighted by molar-refractivity contribution is 0.0479. The lowest BCUT2D eigenvalue weighted by Crippen LogP contribution is -2.15. The van der Waals surface area contributed by atoms with Crippen molar-refractivity contribution in [2.45, 2.75) is 59.5 Å². The fourth-order valence-corrected chi connectivity index (χ4v) is 2.14. The van der Waals surface area contributed by atoms with E-state index < -0.39 is 0 Å². The molecule has 1 aromatic heterocycles. The third kappa shape index (κ3) is 5.08. The van der Waals surface area contributed by atoms with Gasteiger partial charge in [-0.05, 0) is 26.7 Å². The maximum absolute atomic E-state index is 11.9. The minimum atomic E-state index is -0.351. The molecule has 5 heteroatoms. The molecule has 0 saturated heterocycles. The molecule has 1 aromatic rings. The molecule has 0 saturated carbocycles. The van der Waals surface area contributed by atoms with Crippen LogP contribution in [-0.2, 0) is 15.9 Å². The molecule has 0 aliphatic rings. The lowest BCUT2D eigenvalue weighted by atomic mass is 10.1. The van der Waals surface area contributed by atoms with Gasteiger partial charge in [-0.25, -0.2) is 14.8 Å². The van der Waals surface area contributed by atoms with Crippen LogP contribution in [0.25, 0.3) is 0 Å². The molecule has 0 radical (unpaired) electrons. The van der Waals surface area contributed by atoms with Gasteiger partial charge in [-0.15, -0.1) is 0 Å². The molecular weight excluding hydrogens is 268 g/mol. The van der Waals surface area contributed by atoms with Crippen LogP contribution in [0.1, 0.15) is 74.9 Å². The highest BCUT2D eigenvalue weighted by Gasteiger charge is 2.19. The second kappa shape index (κ2) is 9.45. The minimum Gasteiger partial charge on any atom is -0.462 e. The van der Waals surface area contributed by atoms with Crippen molar-refractivity contribution in [3.63, 3.8) is 0 Å². The number of hydrogen-bond donors (Lipinski definition) is 0. The highest BCUT2D eigenvalue weighted by Crippen LogP contribution is 2.21. The summed E-state index contributed by atoms with van der Waals surface area (Å²) < 4.78 is 10.8. The van der Waals surface area contributed by atoms with Gasteiger partial charge in [-0.3, -0.25) is 0 Å². The average Bonchev–Trinajstić information content (AvgIpc) is 2.47. The number of esters is 1. The summed E-state index contributed by atoms with van der Waals surface area (Å²) in [6, 6.07) is 0. The molecule has 0 fully saturated rings. The Labute approximate surface area is 127 Å². The molecule has 21 heavy (non-hydrogen) atoms. The maximum Gasteiger partial charge on any atom is 0.341 e. The van der Waals surface area contributed by atoms with Crippen molar-refractivity contribution in [2.75, 3.05) is 13.2 Å². The van der Waals surface area contributed by atoms with Crippen molar-refractivity contribution in [1.82, 2.24) is 9.97 Å². The van der Waals surface area contributed by atoms with Gasteiger partial charge >= 0.3 is 5.97 Å². The molecule has 1 rings (SSSR count). The van der Waals surface area contributed by atoms with Crippen molar-refractivity contribution in [3.05, 3.63) is 23.3 Å². The van der Waals surface area contributed by atoms with Crippen molar-refractivity contribution in [3.8, 4) is 0 Å². The van der Waals surface area contributed by atoms with Crippen LogP contribution < -0.4 is 0 Å². The molecule has 0 bridgehead atoms. The predicted molar refractivity (Wildman–Crippen MR) is 81.3 cm³/mol. The van der Waals surface area contributed by atoms with Crippen LogP contribution in [0.2, 0.25) is 0 Å². The van der Waals surface area contributed by atoms with Crippen LogP contribution in [0.4, 0.5) is 0 Å². The number of carbonyl (C=O) groups is 1. The maximum atomic E-state index is 11.9. The fourth-order valence-electron chi connectivity index (χ4n) is 2.14. The Morgan fingerprint density at radius 2 is 1.95 bits per heavy atom. The Kier molecular flexibility index (Phi) is 7.90. The van der Waals surface area contributed by atoms with Crippen LogP contribution in [0.5, 0.6) is 0 Å². The third-order valence-corrected chi connectivity index (χ3v) is 3.08. The van der Waals surface area contributed by atoms with Crippen LogP contribution >= 0.6 is 0 Å². The number of hydrogen-bond acceptors (Lipinski definition) is 5. The van der Waals surface area contributed by atoms with Crippen molar-refractivity contribution in [1.29, 1.82) is 0 Å². The first-order valence-corrected chi connectivity index (χ1v) is 7.82. The van der Waals surface area contributed by atoms with Crippen molar-refractivity contribution in [2.24, 2.45) is 0 Å². The van der Waals surface area contributed by atoms with Crippen LogP contribution in [0.3, 0.4) is 0 Å². The third-order valence-electron chi connectivity index (χ3n) is 3.08. The zero-order valence-corrected chi connectivity index (χ0v) is 13.5. The zero-order chi connectivity index (χ0) is 15.7. The number of ether oxygens (including phenoxy) is 2. The molecule has 1 heterocycles. The number of carbonyl (C=O) groups excluding carboxylic acids is 1. The van der Waals surface area contributed by atoms with Gasteiger partial charge in [0.05, 0.1) is 17.9 Å². The molecule has 1 unspecified atom stereocenters. The van der Waals surface area contributed by atoms with E-state index in [0.717, 1.165) is 31.4 Å². The Morgan fingerprint density at radius 1 is 1.19 bits per heavy atom. The van der Waals surface area contributed by atoms with E-state index in [2.05, 4.69) is 23.8 Å². The summed E-state index contributed by atoms with van der Waals surface area (Å²) >= 11 is 0. The number of aromatic nitrogens is 2. The van der Waals surface area contributed by atoms with Crippen molar-refractivity contribution >= 4 is 5.97 Å². The second-order valence-corrected chi connectivity index (χ2v) is 4.79. The zero-order valence-electron chi connectivity index (χ0n) is 13.5. The first kappa shape index (κ1) is 17.6. The quantitative estimate of drug-likeness (QED) is 0.652. The topological polar surface area (TPSA) is 61.3 Å². The highest BCUT2D eigenvalue weighted by molar-refractivity contribution is 5.90. The van der Waals surface area contributed by atoms with E-state index in [-0.39, 0.29) is 12.1 Å². The molecule has 5 nitrogen and oxygen atoms in total. The van der Waals surface area contributed by atoms with Gasteiger partial charge in [0.25, 0.3) is 0 Å². The Bertz CT molecular complexity index is 443. The first-order valence-electron chi connectivity index (χ1n) is 7.82. The normalized spacial score (nSPS) is 12.2. The van der Waals surface area contributed by atoms with Gasteiger partial charge in [0.2, 0.25) is 0 Å². The molecule has 1 atom stereocenters. The Balaban J connectivity index is 3.08. The number of rotatable bonds is 9. The van der Waals surface area contributed by atoms with E-state index in [1.165, 1.54) is 0 Å².